The largest absolute Gasteiger partial charge is 0.507 e. The van der Waals surface area contributed by atoms with Crippen molar-refractivity contribution in [1.29, 1.82) is 0 Å². The van der Waals surface area contributed by atoms with E-state index in [1.54, 1.807) is 24.3 Å². The third kappa shape index (κ3) is 3.19. The number of ether oxygens (including phenoxy) is 1. The normalized spacial score (nSPS) is 22.2. The lowest BCUT2D eigenvalue weighted by Crippen LogP contribution is -2.23. The molecule has 23 heavy (non-hydrogen) atoms. The number of benzene rings is 1. The molecule has 0 bridgehead atoms. The quantitative estimate of drug-likeness (QED) is 0.700. The van der Waals surface area contributed by atoms with Crippen LogP contribution in [0.25, 0.3) is 11.8 Å². The summed E-state index contributed by atoms with van der Waals surface area (Å²) in [5.41, 5.74) is 15.3. The minimum Gasteiger partial charge on any atom is -0.507 e. The number of rotatable bonds is 3. The maximum absolute atomic E-state index is 9.90. The molecule has 2 heterocycles. The van der Waals surface area contributed by atoms with Crippen LogP contribution in [-0.2, 0) is 4.74 Å². The fourth-order valence-corrected chi connectivity index (χ4v) is 3.13. The number of hydrogen-bond donors (Lipinski definition) is 4. The van der Waals surface area contributed by atoms with Gasteiger partial charge in [0.15, 0.2) is 0 Å². The fourth-order valence-electron chi connectivity index (χ4n) is 3.13. The molecular formula is C18H23N3O2. The van der Waals surface area contributed by atoms with Crippen LogP contribution in [0.5, 0.6) is 5.75 Å². The predicted molar refractivity (Wildman–Crippen MR) is 92.7 cm³/mol. The van der Waals surface area contributed by atoms with Crippen molar-refractivity contribution in [2.24, 2.45) is 11.7 Å². The number of aromatic amines is 1. The standard InChI is InChI=1S/C18H23N3O2/c1-11-10-23-7-6-13(11)16-9-12(18(20)21-16)8-15(19)14-4-2-3-5-17(14)22/h2-5,8-9,11,13,21-22H,6-7,10,19-20H2,1H3/b15-8-. The number of phenols is 1. The second-order valence-electron chi connectivity index (χ2n) is 6.16. The summed E-state index contributed by atoms with van der Waals surface area (Å²) in [4.78, 5) is 3.28. The lowest BCUT2D eigenvalue weighted by atomic mass is 9.87. The van der Waals surface area contributed by atoms with E-state index in [4.69, 9.17) is 16.2 Å². The summed E-state index contributed by atoms with van der Waals surface area (Å²) in [5.74, 6) is 1.62. The summed E-state index contributed by atoms with van der Waals surface area (Å²) in [6.07, 6.45) is 2.79. The van der Waals surface area contributed by atoms with Gasteiger partial charge in [0, 0.05) is 41.6 Å². The van der Waals surface area contributed by atoms with Crippen LogP contribution in [0.4, 0.5) is 5.82 Å². The number of anilines is 1. The second-order valence-corrected chi connectivity index (χ2v) is 6.16. The Kier molecular flexibility index (Phi) is 4.30. The number of nitrogens with one attached hydrogen (secondary N) is 1. The molecule has 3 rings (SSSR count). The minimum absolute atomic E-state index is 0.161. The summed E-state index contributed by atoms with van der Waals surface area (Å²) in [7, 11) is 0. The molecule has 1 aliphatic heterocycles. The lowest BCUT2D eigenvalue weighted by molar-refractivity contribution is 0.0464. The Morgan fingerprint density at radius 2 is 2.17 bits per heavy atom. The zero-order valence-corrected chi connectivity index (χ0v) is 13.3. The van der Waals surface area contributed by atoms with Gasteiger partial charge in [0.05, 0.1) is 0 Å². The van der Waals surface area contributed by atoms with Crippen molar-refractivity contribution in [2.75, 3.05) is 18.9 Å². The van der Waals surface area contributed by atoms with Crippen molar-refractivity contribution in [2.45, 2.75) is 19.3 Å². The Morgan fingerprint density at radius 1 is 1.39 bits per heavy atom. The van der Waals surface area contributed by atoms with Crippen molar-refractivity contribution >= 4 is 17.6 Å². The molecule has 0 radical (unpaired) electrons. The first-order chi connectivity index (χ1) is 11.1. The Bertz CT molecular complexity index is 721. The van der Waals surface area contributed by atoms with Crippen molar-refractivity contribution in [1.82, 2.24) is 4.98 Å². The predicted octanol–water partition coefficient (Wildman–Crippen LogP) is 2.90. The van der Waals surface area contributed by atoms with Crippen LogP contribution in [0.15, 0.2) is 30.3 Å². The van der Waals surface area contributed by atoms with Crippen LogP contribution in [0, 0.1) is 5.92 Å². The molecule has 1 aliphatic rings. The second kappa shape index (κ2) is 6.38. The van der Waals surface area contributed by atoms with Crippen molar-refractivity contribution in [3.8, 4) is 5.75 Å². The number of aromatic nitrogens is 1. The molecule has 0 amide bonds. The highest BCUT2D eigenvalue weighted by atomic mass is 16.5. The molecule has 0 spiro atoms. The zero-order valence-electron chi connectivity index (χ0n) is 13.3. The maximum atomic E-state index is 9.90. The molecule has 5 heteroatoms. The van der Waals surface area contributed by atoms with Crippen LogP contribution < -0.4 is 11.5 Å². The van der Waals surface area contributed by atoms with Crippen molar-refractivity contribution in [3.05, 3.63) is 47.2 Å². The number of para-hydroxylation sites is 1. The van der Waals surface area contributed by atoms with E-state index in [1.165, 1.54) is 0 Å². The van der Waals surface area contributed by atoms with E-state index >= 15 is 0 Å². The summed E-state index contributed by atoms with van der Waals surface area (Å²) in [5, 5.41) is 9.90. The van der Waals surface area contributed by atoms with Crippen LogP contribution in [0.3, 0.4) is 0 Å². The topological polar surface area (TPSA) is 97.3 Å². The Hall–Kier alpha value is -2.40. The van der Waals surface area contributed by atoms with Gasteiger partial charge in [-0.3, -0.25) is 0 Å². The fraction of sp³-hybridized carbons (Fsp3) is 0.333. The van der Waals surface area contributed by atoms with Gasteiger partial charge in [-0.2, -0.15) is 0 Å². The first-order valence-electron chi connectivity index (χ1n) is 7.88. The highest BCUT2D eigenvalue weighted by Crippen LogP contribution is 2.34. The number of phenolic OH excluding ortho intramolecular Hbond substituents is 1. The van der Waals surface area contributed by atoms with Gasteiger partial charge in [-0.1, -0.05) is 19.1 Å². The van der Waals surface area contributed by atoms with Gasteiger partial charge >= 0.3 is 0 Å². The summed E-state index contributed by atoms with van der Waals surface area (Å²) < 4.78 is 5.50. The van der Waals surface area contributed by atoms with Crippen molar-refractivity contribution < 1.29 is 9.84 Å². The number of nitrogens with two attached hydrogens (primary N) is 2. The molecule has 1 aromatic carbocycles. The number of hydrogen-bond acceptors (Lipinski definition) is 4. The molecule has 1 saturated heterocycles. The third-order valence-electron chi connectivity index (χ3n) is 4.47. The summed E-state index contributed by atoms with van der Waals surface area (Å²) >= 11 is 0. The smallest absolute Gasteiger partial charge is 0.124 e. The van der Waals surface area contributed by atoms with E-state index in [-0.39, 0.29) is 5.75 Å². The van der Waals surface area contributed by atoms with Gasteiger partial charge in [-0.25, -0.2) is 0 Å². The zero-order chi connectivity index (χ0) is 16.4. The molecule has 122 valence electrons. The molecule has 0 aliphatic carbocycles. The summed E-state index contributed by atoms with van der Waals surface area (Å²) in [6.45, 7) is 3.74. The Morgan fingerprint density at radius 3 is 2.91 bits per heavy atom. The van der Waals surface area contributed by atoms with E-state index in [0.29, 0.717) is 28.9 Å². The average molecular weight is 313 g/mol. The highest BCUT2D eigenvalue weighted by molar-refractivity contribution is 5.84. The van der Waals surface area contributed by atoms with Gasteiger partial charge in [0.1, 0.15) is 11.6 Å². The van der Waals surface area contributed by atoms with Crippen LogP contribution in [-0.4, -0.2) is 23.3 Å². The molecule has 6 N–H and O–H groups in total. The highest BCUT2D eigenvalue weighted by Gasteiger charge is 2.25. The third-order valence-corrected chi connectivity index (χ3v) is 4.47. The molecule has 2 aromatic rings. The van der Waals surface area contributed by atoms with E-state index < -0.39 is 0 Å². The van der Waals surface area contributed by atoms with Gasteiger partial charge in [0.2, 0.25) is 0 Å². The van der Waals surface area contributed by atoms with Gasteiger partial charge in [-0.15, -0.1) is 0 Å². The lowest BCUT2D eigenvalue weighted by Gasteiger charge is -2.28. The number of nitrogen functional groups attached to an aromatic ring is 1. The van der Waals surface area contributed by atoms with Crippen LogP contribution >= 0.6 is 0 Å². The molecule has 5 nitrogen and oxygen atoms in total. The SMILES string of the molecule is CC1COCCC1c1cc(/C=C(\N)c2ccccc2O)c(N)[nH]1. The van der Waals surface area contributed by atoms with Crippen molar-refractivity contribution in [3.63, 3.8) is 0 Å². The van der Waals surface area contributed by atoms with E-state index in [2.05, 4.69) is 18.0 Å². The number of H-pyrrole nitrogens is 1. The Labute approximate surface area is 136 Å². The minimum atomic E-state index is 0.161. The Balaban J connectivity index is 1.89. The molecule has 2 unspecified atom stereocenters. The molecule has 1 aromatic heterocycles. The molecular weight excluding hydrogens is 290 g/mol. The van der Waals surface area contributed by atoms with E-state index in [1.807, 2.05) is 6.07 Å². The average Bonchev–Trinajstić information content (AvgIpc) is 2.89. The van der Waals surface area contributed by atoms with Gasteiger partial charge in [-0.05, 0) is 36.6 Å². The molecule has 2 atom stereocenters. The van der Waals surface area contributed by atoms with Gasteiger partial charge in [0.25, 0.3) is 0 Å². The maximum Gasteiger partial charge on any atom is 0.124 e. The first-order valence-corrected chi connectivity index (χ1v) is 7.88. The van der Waals surface area contributed by atoms with Crippen LogP contribution in [0.2, 0.25) is 0 Å². The molecule has 0 saturated carbocycles. The summed E-state index contributed by atoms with van der Waals surface area (Å²) in [6, 6.07) is 9.05. The van der Waals surface area contributed by atoms with E-state index in [9.17, 15) is 5.11 Å². The van der Waals surface area contributed by atoms with E-state index in [0.717, 1.165) is 30.9 Å². The first kappa shape index (κ1) is 15.5. The van der Waals surface area contributed by atoms with Crippen LogP contribution in [0.1, 0.15) is 36.1 Å². The van der Waals surface area contributed by atoms with Gasteiger partial charge < -0.3 is 26.3 Å². The number of aromatic hydroxyl groups is 1. The monoisotopic (exact) mass is 313 g/mol. The molecule has 1 fully saturated rings.